The molecule has 270 valence electrons. The predicted octanol–water partition coefficient (Wildman–Crippen LogP) is 8.48. The molecule has 2 aliphatic heterocycles. The Bertz CT molecular complexity index is 2160. The van der Waals surface area contributed by atoms with Crippen molar-refractivity contribution in [1.82, 2.24) is 14.8 Å². The second-order valence-corrected chi connectivity index (χ2v) is 15.2. The highest BCUT2D eigenvalue weighted by atomic mass is 16.7. The number of benzene rings is 4. The molecule has 0 N–H and O–H groups in total. The standard InChI is InChI=1S/C44H47BN4O4/c1-43(2)44(3,4)53-45(52-43)35-21-19-33(20-22-35)34-25-27-49(28-26-34)38-18-12-17-36-40(47-48(5)41(36)38)37-23-24-39(50-29-31-13-8-6-9-14-31)46-42(37)51-30-32-15-10-7-11-16-32/h6-24,34H,25-30H2,1-5H3. The Balaban J connectivity index is 1.01. The zero-order valence-corrected chi connectivity index (χ0v) is 31.3. The van der Waals surface area contributed by atoms with Gasteiger partial charge < -0.3 is 23.7 Å². The fraction of sp³-hybridized carbons (Fsp3) is 0.318. The molecular formula is C44H47BN4O4. The number of fused-ring (bicyclic) bond motifs is 1. The van der Waals surface area contributed by atoms with E-state index < -0.39 is 0 Å². The quantitative estimate of drug-likeness (QED) is 0.132. The van der Waals surface area contributed by atoms with E-state index in [9.17, 15) is 0 Å². The number of anilines is 1. The van der Waals surface area contributed by atoms with Gasteiger partial charge in [0.15, 0.2) is 0 Å². The molecule has 8 nitrogen and oxygen atoms in total. The first kappa shape index (κ1) is 34.9. The maximum atomic E-state index is 6.42. The molecule has 0 unspecified atom stereocenters. The van der Waals surface area contributed by atoms with E-state index in [-0.39, 0.29) is 18.3 Å². The molecule has 0 saturated carbocycles. The zero-order valence-electron chi connectivity index (χ0n) is 31.3. The van der Waals surface area contributed by atoms with Crippen molar-refractivity contribution >= 4 is 29.2 Å². The molecule has 4 aromatic carbocycles. The van der Waals surface area contributed by atoms with E-state index in [4.69, 9.17) is 28.9 Å². The average Bonchev–Trinajstić information content (AvgIpc) is 3.64. The van der Waals surface area contributed by atoms with Crippen molar-refractivity contribution < 1.29 is 18.8 Å². The Morgan fingerprint density at radius 2 is 1.34 bits per heavy atom. The van der Waals surface area contributed by atoms with Gasteiger partial charge in [0.1, 0.15) is 18.9 Å². The van der Waals surface area contributed by atoms with Crippen LogP contribution in [0.1, 0.15) is 63.1 Å². The number of para-hydroxylation sites is 1. The first-order valence-electron chi connectivity index (χ1n) is 18.7. The second-order valence-electron chi connectivity index (χ2n) is 15.2. The van der Waals surface area contributed by atoms with Gasteiger partial charge in [0, 0.05) is 31.6 Å². The van der Waals surface area contributed by atoms with E-state index in [1.165, 1.54) is 11.3 Å². The molecule has 8 rings (SSSR count). The Morgan fingerprint density at radius 3 is 1.98 bits per heavy atom. The van der Waals surface area contributed by atoms with E-state index >= 15 is 0 Å². The van der Waals surface area contributed by atoms with Crippen LogP contribution in [0.5, 0.6) is 11.8 Å². The Labute approximate surface area is 312 Å². The highest BCUT2D eigenvalue weighted by molar-refractivity contribution is 6.62. The van der Waals surface area contributed by atoms with Gasteiger partial charge >= 0.3 is 7.12 Å². The Kier molecular flexibility index (Phi) is 9.47. The van der Waals surface area contributed by atoms with Crippen molar-refractivity contribution in [3.8, 4) is 23.0 Å². The van der Waals surface area contributed by atoms with Gasteiger partial charge in [-0.15, -0.1) is 0 Å². The fourth-order valence-electron chi connectivity index (χ4n) is 7.38. The van der Waals surface area contributed by atoms with Crippen LogP contribution < -0.4 is 19.8 Å². The maximum absolute atomic E-state index is 6.42. The summed E-state index contributed by atoms with van der Waals surface area (Å²) in [5.41, 5.74) is 7.86. The molecule has 2 fully saturated rings. The third kappa shape index (κ3) is 7.16. The lowest BCUT2D eigenvalue weighted by Gasteiger charge is -2.34. The fourth-order valence-corrected chi connectivity index (χ4v) is 7.38. The Morgan fingerprint density at radius 1 is 0.717 bits per heavy atom. The molecule has 4 heterocycles. The number of hydrogen-bond donors (Lipinski definition) is 0. The maximum Gasteiger partial charge on any atom is 0.494 e. The highest BCUT2D eigenvalue weighted by Crippen LogP contribution is 2.40. The molecule has 2 aliphatic rings. The van der Waals surface area contributed by atoms with Crippen LogP contribution in [0.15, 0.2) is 115 Å². The van der Waals surface area contributed by atoms with Crippen LogP contribution in [0.25, 0.3) is 22.2 Å². The summed E-state index contributed by atoms with van der Waals surface area (Å²) in [4.78, 5) is 7.38. The number of rotatable bonds is 10. The molecule has 0 spiro atoms. The van der Waals surface area contributed by atoms with Crippen LogP contribution in [0.3, 0.4) is 0 Å². The Hall–Kier alpha value is -5.12. The lowest BCUT2D eigenvalue weighted by atomic mass is 9.77. The van der Waals surface area contributed by atoms with Crippen molar-refractivity contribution in [2.24, 2.45) is 7.05 Å². The van der Waals surface area contributed by atoms with Gasteiger partial charge in [-0.05, 0) is 80.7 Å². The number of aryl methyl sites for hydroxylation is 1. The summed E-state index contributed by atoms with van der Waals surface area (Å²) in [7, 11) is 1.69. The molecule has 9 heteroatoms. The van der Waals surface area contributed by atoms with Gasteiger partial charge in [0.2, 0.25) is 11.8 Å². The largest absolute Gasteiger partial charge is 0.494 e. The van der Waals surface area contributed by atoms with Crippen LogP contribution >= 0.6 is 0 Å². The van der Waals surface area contributed by atoms with Gasteiger partial charge in [-0.25, -0.2) is 0 Å². The minimum absolute atomic E-state index is 0.339. The molecule has 0 atom stereocenters. The molecule has 0 aliphatic carbocycles. The number of hydrogen-bond acceptors (Lipinski definition) is 7. The minimum atomic E-state index is -0.349. The van der Waals surface area contributed by atoms with Gasteiger partial charge in [0.25, 0.3) is 0 Å². The van der Waals surface area contributed by atoms with E-state index in [1.807, 2.05) is 72.4 Å². The van der Waals surface area contributed by atoms with Crippen LogP contribution in [0, 0.1) is 0 Å². The van der Waals surface area contributed by atoms with Crippen molar-refractivity contribution in [2.75, 3.05) is 18.0 Å². The SMILES string of the molecule is Cn1nc(-c2ccc(OCc3ccccc3)nc2OCc2ccccc2)c2cccc(N3CCC(c4ccc(B5OC(C)(C)C(C)(C)O5)cc4)CC3)c21. The third-order valence-electron chi connectivity index (χ3n) is 11.2. The summed E-state index contributed by atoms with van der Waals surface area (Å²) in [5, 5.41) is 6.15. The third-order valence-corrected chi connectivity index (χ3v) is 11.2. The number of ether oxygens (including phenoxy) is 2. The smallest absolute Gasteiger partial charge is 0.473 e. The predicted molar refractivity (Wildman–Crippen MR) is 212 cm³/mol. The summed E-state index contributed by atoms with van der Waals surface area (Å²) in [5.74, 6) is 1.50. The van der Waals surface area contributed by atoms with E-state index in [2.05, 4.69) is 87.2 Å². The van der Waals surface area contributed by atoms with Crippen molar-refractivity contribution in [3.63, 3.8) is 0 Å². The second kappa shape index (κ2) is 14.4. The van der Waals surface area contributed by atoms with Crippen molar-refractivity contribution in [2.45, 2.75) is 70.9 Å². The van der Waals surface area contributed by atoms with E-state index in [0.717, 1.165) is 64.7 Å². The normalized spacial score (nSPS) is 17.0. The first-order valence-corrected chi connectivity index (χ1v) is 18.7. The molecule has 53 heavy (non-hydrogen) atoms. The highest BCUT2D eigenvalue weighted by Gasteiger charge is 2.51. The monoisotopic (exact) mass is 706 g/mol. The molecule has 6 aromatic rings. The summed E-state index contributed by atoms with van der Waals surface area (Å²) in [6.45, 7) is 11.1. The number of pyridine rings is 1. The van der Waals surface area contributed by atoms with Crippen LogP contribution in [0.2, 0.25) is 0 Å². The van der Waals surface area contributed by atoms with Crippen LogP contribution in [0.4, 0.5) is 5.69 Å². The summed E-state index contributed by atoms with van der Waals surface area (Å²) in [6, 6.07) is 39.6. The summed E-state index contributed by atoms with van der Waals surface area (Å²) >= 11 is 0. The lowest BCUT2D eigenvalue weighted by molar-refractivity contribution is 0.00578. The van der Waals surface area contributed by atoms with Crippen LogP contribution in [-0.4, -0.2) is 46.2 Å². The topological polar surface area (TPSA) is 70.9 Å². The van der Waals surface area contributed by atoms with Gasteiger partial charge in [-0.2, -0.15) is 10.1 Å². The molecule has 0 radical (unpaired) electrons. The first-order chi connectivity index (χ1) is 25.6. The van der Waals surface area contributed by atoms with Crippen molar-refractivity contribution in [3.05, 3.63) is 132 Å². The van der Waals surface area contributed by atoms with E-state index in [0.29, 0.717) is 30.9 Å². The number of piperidine rings is 1. The van der Waals surface area contributed by atoms with E-state index in [1.54, 1.807) is 0 Å². The summed E-state index contributed by atoms with van der Waals surface area (Å²) < 4.78 is 27.1. The molecule has 2 saturated heterocycles. The average molecular weight is 707 g/mol. The summed E-state index contributed by atoms with van der Waals surface area (Å²) in [6.07, 6.45) is 2.14. The molecular weight excluding hydrogens is 659 g/mol. The van der Waals surface area contributed by atoms with Gasteiger partial charge in [-0.3, -0.25) is 4.68 Å². The van der Waals surface area contributed by atoms with Crippen LogP contribution in [-0.2, 0) is 29.6 Å². The molecule has 0 bridgehead atoms. The molecule has 2 aromatic heterocycles. The lowest BCUT2D eigenvalue weighted by Crippen LogP contribution is -2.41. The number of nitrogens with zero attached hydrogens (tertiary/aromatic N) is 4. The van der Waals surface area contributed by atoms with Gasteiger partial charge in [0.05, 0.1) is 28.0 Å². The van der Waals surface area contributed by atoms with Crippen molar-refractivity contribution in [1.29, 1.82) is 0 Å². The molecule has 0 amide bonds. The number of aromatic nitrogens is 3. The van der Waals surface area contributed by atoms with Gasteiger partial charge in [-0.1, -0.05) is 97.1 Å². The zero-order chi connectivity index (χ0) is 36.6. The minimum Gasteiger partial charge on any atom is -0.473 e.